The van der Waals surface area contributed by atoms with Gasteiger partial charge in [-0.3, -0.25) is 0 Å². The molecule has 0 aliphatic rings. The van der Waals surface area contributed by atoms with E-state index >= 15 is 0 Å². The van der Waals surface area contributed by atoms with Gasteiger partial charge in [-0.05, 0) is 43.0 Å². The van der Waals surface area contributed by atoms with Crippen molar-refractivity contribution in [2.75, 3.05) is 5.75 Å². The molecule has 1 atom stereocenters. The van der Waals surface area contributed by atoms with Crippen LogP contribution in [0.5, 0.6) is 0 Å². The van der Waals surface area contributed by atoms with Gasteiger partial charge in [-0.1, -0.05) is 19.9 Å². The molecule has 0 radical (unpaired) electrons. The molecule has 17 heavy (non-hydrogen) atoms. The lowest BCUT2D eigenvalue weighted by molar-refractivity contribution is 0.516. The van der Waals surface area contributed by atoms with Crippen molar-refractivity contribution in [2.24, 2.45) is 11.7 Å². The number of aryl methyl sites for hydroxylation is 2. The molecular formula is C13H21NO2S. The molecule has 0 heterocycles. The number of rotatable bonds is 4. The molecule has 0 bridgehead atoms. The molecule has 1 unspecified atom stereocenters. The van der Waals surface area contributed by atoms with E-state index in [1.165, 1.54) is 0 Å². The first-order valence-corrected chi connectivity index (χ1v) is 7.45. The minimum atomic E-state index is -3.27. The second-order valence-corrected chi connectivity index (χ2v) is 6.97. The van der Waals surface area contributed by atoms with Crippen molar-refractivity contribution >= 4 is 9.84 Å². The largest absolute Gasteiger partial charge is 0.327 e. The zero-order valence-corrected chi connectivity index (χ0v) is 11.7. The Morgan fingerprint density at radius 1 is 1.18 bits per heavy atom. The van der Waals surface area contributed by atoms with Gasteiger partial charge in [0.05, 0.1) is 10.6 Å². The van der Waals surface area contributed by atoms with Crippen LogP contribution in [0.4, 0.5) is 0 Å². The Kier molecular flexibility index (Phi) is 4.33. The van der Waals surface area contributed by atoms with Gasteiger partial charge in [0, 0.05) is 6.04 Å². The Morgan fingerprint density at radius 2 is 1.76 bits per heavy atom. The minimum Gasteiger partial charge on any atom is -0.327 e. The van der Waals surface area contributed by atoms with E-state index in [2.05, 4.69) is 0 Å². The summed E-state index contributed by atoms with van der Waals surface area (Å²) in [6.45, 7) is 7.74. The molecule has 0 aromatic heterocycles. The first kappa shape index (κ1) is 14.2. The summed E-state index contributed by atoms with van der Waals surface area (Å²) in [4.78, 5) is 0.372. The standard InChI is InChI=1S/C13H21NO2S/c1-9(2)13(14)8-17(15,16)12-6-5-10(3)11(4)7-12/h5-7,9,13H,8,14H2,1-4H3. The van der Waals surface area contributed by atoms with Gasteiger partial charge < -0.3 is 5.73 Å². The van der Waals surface area contributed by atoms with Crippen molar-refractivity contribution in [3.63, 3.8) is 0 Å². The molecule has 0 fully saturated rings. The van der Waals surface area contributed by atoms with Crippen LogP contribution in [0.25, 0.3) is 0 Å². The molecule has 1 aromatic rings. The average molecular weight is 255 g/mol. The predicted octanol–water partition coefficient (Wildman–Crippen LogP) is 2.06. The van der Waals surface area contributed by atoms with Gasteiger partial charge in [0.2, 0.25) is 0 Å². The fourth-order valence-corrected chi connectivity index (χ4v) is 3.17. The molecule has 96 valence electrons. The quantitative estimate of drug-likeness (QED) is 0.896. The third kappa shape index (κ3) is 3.54. The van der Waals surface area contributed by atoms with Crippen LogP contribution in [0.1, 0.15) is 25.0 Å². The monoisotopic (exact) mass is 255 g/mol. The summed E-state index contributed by atoms with van der Waals surface area (Å²) in [6.07, 6.45) is 0. The first-order valence-electron chi connectivity index (χ1n) is 5.79. The van der Waals surface area contributed by atoms with Gasteiger partial charge in [0.15, 0.2) is 9.84 Å². The van der Waals surface area contributed by atoms with Crippen LogP contribution in [0.15, 0.2) is 23.1 Å². The fraction of sp³-hybridized carbons (Fsp3) is 0.538. The van der Waals surface area contributed by atoms with Crippen LogP contribution >= 0.6 is 0 Å². The molecule has 4 heteroatoms. The second kappa shape index (κ2) is 5.19. The fourth-order valence-electron chi connectivity index (χ4n) is 1.45. The Bertz CT molecular complexity index is 492. The molecule has 0 saturated heterocycles. The molecule has 1 aromatic carbocycles. The minimum absolute atomic E-state index is 0.00711. The van der Waals surface area contributed by atoms with Gasteiger partial charge in [0.25, 0.3) is 0 Å². The van der Waals surface area contributed by atoms with Gasteiger partial charge in [-0.15, -0.1) is 0 Å². The molecule has 0 spiro atoms. The number of sulfone groups is 1. The number of hydrogen-bond donors (Lipinski definition) is 1. The summed E-state index contributed by atoms with van der Waals surface area (Å²) in [5, 5.41) is 0. The van der Waals surface area contributed by atoms with Crippen LogP contribution < -0.4 is 5.73 Å². The Balaban J connectivity index is 3.01. The first-order chi connectivity index (χ1) is 7.74. The Morgan fingerprint density at radius 3 is 2.24 bits per heavy atom. The summed E-state index contributed by atoms with van der Waals surface area (Å²) in [5.41, 5.74) is 7.91. The number of nitrogens with two attached hydrogens (primary N) is 1. The maximum atomic E-state index is 12.1. The summed E-state index contributed by atoms with van der Waals surface area (Å²) in [5.74, 6) is 0.170. The van der Waals surface area contributed by atoms with Crippen molar-refractivity contribution in [1.29, 1.82) is 0 Å². The maximum Gasteiger partial charge on any atom is 0.179 e. The highest BCUT2D eigenvalue weighted by Gasteiger charge is 2.21. The van der Waals surface area contributed by atoms with Crippen LogP contribution in [0.2, 0.25) is 0 Å². The molecule has 3 nitrogen and oxygen atoms in total. The van der Waals surface area contributed by atoms with E-state index in [4.69, 9.17) is 5.73 Å². The predicted molar refractivity (Wildman–Crippen MR) is 70.8 cm³/mol. The molecule has 0 aliphatic heterocycles. The molecule has 1 rings (SSSR count). The number of benzene rings is 1. The van der Waals surface area contributed by atoms with Gasteiger partial charge >= 0.3 is 0 Å². The van der Waals surface area contributed by atoms with Crippen molar-refractivity contribution in [3.8, 4) is 0 Å². The summed E-state index contributed by atoms with van der Waals surface area (Å²) < 4.78 is 24.3. The van der Waals surface area contributed by atoms with Crippen molar-refractivity contribution in [2.45, 2.75) is 38.6 Å². The van der Waals surface area contributed by atoms with E-state index in [0.29, 0.717) is 4.90 Å². The summed E-state index contributed by atoms with van der Waals surface area (Å²) in [6, 6.07) is 4.90. The zero-order chi connectivity index (χ0) is 13.2. The number of hydrogen-bond acceptors (Lipinski definition) is 3. The summed E-state index contributed by atoms with van der Waals surface area (Å²) >= 11 is 0. The highest BCUT2D eigenvalue weighted by atomic mass is 32.2. The molecule has 2 N–H and O–H groups in total. The lowest BCUT2D eigenvalue weighted by Crippen LogP contribution is -2.34. The molecule has 0 saturated carbocycles. The van der Waals surface area contributed by atoms with Gasteiger partial charge in [0.1, 0.15) is 0 Å². The zero-order valence-electron chi connectivity index (χ0n) is 10.9. The van der Waals surface area contributed by atoms with E-state index in [-0.39, 0.29) is 17.7 Å². The van der Waals surface area contributed by atoms with Crippen molar-refractivity contribution in [3.05, 3.63) is 29.3 Å². The lowest BCUT2D eigenvalue weighted by Gasteiger charge is -2.16. The normalized spacial score (nSPS) is 14.0. The second-order valence-electron chi connectivity index (χ2n) is 4.94. The van der Waals surface area contributed by atoms with Crippen LogP contribution in [-0.2, 0) is 9.84 Å². The molecule has 0 amide bonds. The van der Waals surface area contributed by atoms with Crippen molar-refractivity contribution < 1.29 is 8.42 Å². The van der Waals surface area contributed by atoms with E-state index in [9.17, 15) is 8.42 Å². The molecular weight excluding hydrogens is 234 g/mol. The van der Waals surface area contributed by atoms with Crippen LogP contribution in [-0.4, -0.2) is 20.2 Å². The maximum absolute atomic E-state index is 12.1. The van der Waals surface area contributed by atoms with E-state index in [0.717, 1.165) is 11.1 Å². The highest BCUT2D eigenvalue weighted by molar-refractivity contribution is 7.91. The van der Waals surface area contributed by atoms with Crippen LogP contribution in [0, 0.1) is 19.8 Å². The van der Waals surface area contributed by atoms with E-state index < -0.39 is 9.84 Å². The smallest absolute Gasteiger partial charge is 0.179 e. The Hall–Kier alpha value is -0.870. The topological polar surface area (TPSA) is 60.2 Å². The highest BCUT2D eigenvalue weighted by Crippen LogP contribution is 2.17. The Labute approximate surface area is 104 Å². The third-order valence-corrected chi connectivity index (χ3v) is 4.90. The summed E-state index contributed by atoms with van der Waals surface area (Å²) in [7, 11) is -3.27. The van der Waals surface area contributed by atoms with Gasteiger partial charge in [-0.25, -0.2) is 8.42 Å². The average Bonchev–Trinajstić information content (AvgIpc) is 2.21. The molecule has 0 aliphatic carbocycles. The SMILES string of the molecule is Cc1ccc(S(=O)(=O)CC(N)C(C)C)cc1C. The van der Waals surface area contributed by atoms with Crippen molar-refractivity contribution in [1.82, 2.24) is 0 Å². The third-order valence-electron chi connectivity index (χ3n) is 3.11. The van der Waals surface area contributed by atoms with Crippen LogP contribution in [0.3, 0.4) is 0 Å². The van der Waals surface area contributed by atoms with Gasteiger partial charge in [-0.2, -0.15) is 0 Å². The van der Waals surface area contributed by atoms with E-state index in [1.807, 2.05) is 33.8 Å². The lowest BCUT2D eigenvalue weighted by atomic mass is 10.1. The van der Waals surface area contributed by atoms with E-state index in [1.54, 1.807) is 12.1 Å².